The van der Waals surface area contributed by atoms with Gasteiger partial charge in [-0.15, -0.1) is 10.2 Å². The molecule has 1 aromatic heterocycles. The molecule has 0 bridgehead atoms. The Balaban J connectivity index is 1.83. The third-order valence-electron chi connectivity index (χ3n) is 3.16. The maximum atomic E-state index is 12.5. The number of nitrogens with zero attached hydrogens (tertiary/aromatic N) is 3. The van der Waals surface area contributed by atoms with Gasteiger partial charge >= 0.3 is 0 Å². The van der Waals surface area contributed by atoms with Gasteiger partial charge in [0, 0.05) is 11.3 Å². The molecule has 8 nitrogen and oxygen atoms in total. The van der Waals surface area contributed by atoms with E-state index in [2.05, 4.69) is 25.3 Å². The number of ether oxygens (including phenoxy) is 1. The van der Waals surface area contributed by atoms with Crippen LogP contribution in [0, 0.1) is 0 Å². The lowest BCUT2D eigenvalue weighted by Crippen LogP contribution is -2.12. The summed E-state index contributed by atoms with van der Waals surface area (Å²) in [4.78, 5) is 0.149. The molecule has 2 aromatic carbocycles. The first-order chi connectivity index (χ1) is 11.6. The molecule has 0 aliphatic carbocycles. The van der Waals surface area contributed by atoms with Crippen molar-refractivity contribution in [1.29, 1.82) is 0 Å². The lowest BCUT2D eigenvalue weighted by atomic mass is 10.2. The fraction of sp³-hybridized carbons (Fsp3) is 0.133. The van der Waals surface area contributed by atoms with Crippen molar-refractivity contribution in [3.8, 4) is 17.1 Å². The number of rotatable bonds is 6. The number of hydrogen-bond acceptors (Lipinski definition) is 6. The molecule has 3 rings (SSSR count). The minimum atomic E-state index is -3.70. The Morgan fingerprint density at radius 2 is 1.96 bits per heavy atom. The Morgan fingerprint density at radius 3 is 2.62 bits per heavy atom. The molecule has 0 amide bonds. The Labute approximate surface area is 138 Å². The molecule has 0 fully saturated rings. The number of aromatic amines is 1. The Bertz CT molecular complexity index is 909. The van der Waals surface area contributed by atoms with Gasteiger partial charge in [0.05, 0.1) is 11.5 Å². The van der Waals surface area contributed by atoms with E-state index in [0.717, 1.165) is 0 Å². The van der Waals surface area contributed by atoms with E-state index < -0.39 is 10.0 Å². The van der Waals surface area contributed by atoms with E-state index in [1.54, 1.807) is 36.4 Å². The molecule has 0 unspecified atom stereocenters. The van der Waals surface area contributed by atoms with Gasteiger partial charge in [-0.05, 0) is 48.5 Å². The topological polar surface area (TPSA) is 110 Å². The number of hydrogen-bond donors (Lipinski definition) is 2. The van der Waals surface area contributed by atoms with Crippen molar-refractivity contribution in [1.82, 2.24) is 20.6 Å². The highest BCUT2D eigenvalue weighted by Crippen LogP contribution is 2.22. The van der Waals surface area contributed by atoms with Crippen LogP contribution in [0.25, 0.3) is 11.4 Å². The Morgan fingerprint density at radius 1 is 1.17 bits per heavy atom. The van der Waals surface area contributed by atoms with E-state index >= 15 is 0 Å². The van der Waals surface area contributed by atoms with E-state index in [9.17, 15) is 8.42 Å². The molecular formula is C15H15N5O3S. The van der Waals surface area contributed by atoms with Crippen LogP contribution in [0.2, 0.25) is 0 Å². The fourth-order valence-electron chi connectivity index (χ4n) is 2.10. The van der Waals surface area contributed by atoms with Crippen LogP contribution in [-0.2, 0) is 10.0 Å². The number of benzene rings is 2. The highest BCUT2D eigenvalue weighted by atomic mass is 32.2. The van der Waals surface area contributed by atoms with Crippen LogP contribution in [0.3, 0.4) is 0 Å². The smallest absolute Gasteiger partial charge is 0.261 e. The third kappa shape index (κ3) is 3.51. The summed E-state index contributed by atoms with van der Waals surface area (Å²) >= 11 is 0. The molecule has 2 N–H and O–H groups in total. The van der Waals surface area contributed by atoms with Gasteiger partial charge in [-0.1, -0.05) is 12.1 Å². The van der Waals surface area contributed by atoms with Gasteiger partial charge in [-0.3, -0.25) is 4.72 Å². The average Bonchev–Trinajstić information content (AvgIpc) is 3.10. The largest absolute Gasteiger partial charge is 0.494 e. The summed E-state index contributed by atoms with van der Waals surface area (Å²) < 4.78 is 32.8. The van der Waals surface area contributed by atoms with Crippen molar-refractivity contribution >= 4 is 15.7 Å². The van der Waals surface area contributed by atoms with Crippen molar-refractivity contribution in [2.45, 2.75) is 11.8 Å². The number of sulfonamides is 1. The molecule has 0 saturated heterocycles. The minimum absolute atomic E-state index is 0.149. The molecule has 0 saturated carbocycles. The van der Waals surface area contributed by atoms with Crippen molar-refractivity contribution in [3.05, 3.63) is 48.5 Å². The minimum Gasteiger partial charge on any atom is -0.494 e. The number of aromatic nitrogens is 4. The second-order valence-corrected chi connectivity index (χ2v) is 6.51. The molecule has 0 aliphatic rings. The van der Waals surface area contributed by atoms with E-state index in [0.29, 0.717) is 29.4 Å². The van der Waals surface area contributed by atoms with Crippen molar-refractivity contribution in [2.75, 3.05) is 11.3 Å². The maximum absolute atomic E-state index is 12.5. The van der Waals surface area contributed by atoms with Crippen molar-refractivity contribution < 1.29 is 13.2 Å². The monoisotopic (exact) mass is 345 g/mol. The van der Waals surface area contributed by atoms with Gasteiger partial charge in [0.15, 0.2) is 0 Å². The van der Waals surface area contributed by atoms with E-state index in [1.165, 1.54) is 12.1 Å². The molecule has 124 valence electrons. The number of nitrogens with one attached hydrogen (secondary N) is 2. The van der Waals surface area contributed by atoms with Crippen LogP contribution in [-0.4, -0.2) is 35.6 Å². The highest BCUT2D eigenvalue weighted by Gasteiger charge is 2.15. The van der Waals surface area contributed by atoms with Crippen molar-refractivity contribution in [3.63, 3.8) is 0 Å². The van der Waals surface area contributed by atoms with Gasteiger partial charge in [0.1, 0.15) is 5.75 Å². The molecule has 24 heavy (non-hydrogen) atoms. The molecule has 9 heteroatoms. The summed E-state index contributed by atoms with van der Waals surface area (Å²) in [5.74, 6) is 1.01. The summed E-state index contributed by atoms with van der Waals surface area (Å²) in [7, 11) is -3.70. The SMILES string of the molecule is CCOc1ccc(S(=O)(=O)Nc2cccc(-c3nn[nH]n3)c2)cc1. The summed E-state index contributed by atoms with van der Waals surface area (Å²) in [5, 5.41) is 13.6. The Hall–Kier alpha value is -2.94. The predicted molar refractivity (Wildman–Crippen MR) is 88.0 cm³/mol. The number of H-pyrrole nitrogens is 1. The summed E-state index contributed by atoms with van der Waals surface area (Å²) in [5.41, 5.74) is 1.06. The number of anilines is 1. The zero-order valence-corrected chi connectivity index (χ0v) is 13.6. The maximum Gasteiger partial charge on any atom is 0.261 e. The standard InChI is InChI=1S/C15H15N5O3S/c1-2-23-13-6-8-14(9-7-13)24(21,22)18-12-5-3-4-11(10-12)15-16-19-20-17-15/h3-10,18H,2H2,1H3,(H,16,17,19,20). The van der Waals surface area contributed by atoms with Crippen LogP contribution in [0.15, 0.2) is 53.4 Å². The second-order valence-electron chi connectivity index (χ2n) is 4.83. The predicted octanol–water partition coefficient (Wildman–Crippen LogP) is 2.07. The van der Waals surface area contributed by atoms with Gasteiger partial charge in [-0.2, -0.15) is 5.21 Å². The van der Waals surface area contributed by atoms with Gasteiger partial charge in [0.25, 0.3) is 10.0 Å². The lowest BCUT2D eigenvalue weighted by molar-refractivity contribution is 0.340. The highest BCUT2D eigenvalue weighted by molar-refractivity contribution is 7.92. The zero-order chi connectivity index (χ0) is 17.0. The first-order valence-electron chi connectivity index (χ1n) is 7.18. The summed E-state index contributed by atoms with van der Waals surface area (Å²) in [6.45, 7) is 2.39. The van der Waals surface area contributed by atoms with Crippen LogP contribution in [0.1, 0.15) is 6.92 Å². The van der Waals surface area contributed by atoms with Crippen LogP contribution in [0.4, 0.5) is 5.69 Å². The molecule has 0 aliphatic heterocycles. The van der Waals surface area contributed by atoms with Gasteiger partial charge in [0.2, 0.25) is 5.82 Å². The average molecular weight is 345 g/mol. The molecule has 1 heterocycles. The second kappa shape index (κ2) is 6.67. The summed E-state index contributed by atoms with van der Waals surface area (Å²) in [6.07, 6.45) is 0. The lowest BCUT2D eigenvalue weighted by Gasteiger charge is -2.09. The molecule has 0 atom stereocenters. The number of tetrazole rings is 1. The van der Waals surface area contributed by atoms with Gasteiger partial charge in [-0.25, -0.2) is 8.42 Å². The third-order valence-corrected chi connectivity index (χ3v) is 4.56. The molecule has 3 aromatic rings. The van der Waals surface area contributed by atoms with Gasteiger partial charge < -0.3 is 4.74 Å². The normalized spacial score (nSPS) is 11.2. The Kier molecular flexibility index (Phi) is 4.43. The molecule has 0 radical (unpaired) electrons. The van der Waals surface area contributed by atoms with E-state index in [-0.39, 0.29) is 4.90 Å². The molecule has 0 spiro atoms. The van der Waals surface area contributed by atoms with Crippen LogP contribution >= 0.6 is 0 Å². The van der Waals surface area contributed by atoms with Crippen LogP contribution < -0.4 is 9.46 Å². The van der Waals surface area contributed by atoms with E-state index in [4.69, 9.17) is 4.74 Å². The van der Waals surface area contributed by atoms with Crippen molar-refractivity contribution in [2.24, 2.45) is 0 Å². The summed E-state index contributed by atoms with van der Waals surface area (Å²) in [6, 6.07) is 13.0. The van der Waals surface area contributed by atoms with Crippen LogP contribution in [0.5, 0.6) is 5.75 Å². The fourth-order valence-corrected chi connectivity index (χ4v) is 3.15. The quantitative estimate of drug-likeness (QED) is 0.708. The zero-order valence-electron chi connectivity index (χ0n) is 12.8. The first-order valence-corrected chi connectivity index (χ1v) is 8.66. The molecular weight excluding hydrogens is 330 g/mol. The first kappa shape index (κ1) is 15.9. The van der Waals surface area contributed by atoms with E-state index in [1.807, 2.05) is 6.92 Å².